The van der Waals surface area contributed by atoms with Gasteiger partial charge in [-0.1, -0.05) is 26.0 Å². The molecule has 1 saturated heterocycles. The summed E-state index contributed by atoms with van der Waals surface area (Å²) in [5.41, 5.74) is 1.89. The Hall–Kier alpha value is -3.18. The summed E-state index contributed by atoms with van der Waals surface area (Å²) < 4.78 is 14.8. The highest BCUT2D eigenvalue weighted by Crippen LogP contribution is 2.40. The van der Waals surface area contributed by atoms with E-state index in [-0.39, 0.29) is 37.1 Å². The largest absolute Gasteiger partial charge is 0.391 e. The van der Waals surface area contributed by atoms with E-state index in [1.165, 1.54) is 28.4 Å². The SMILES string of the molecule is CC(C)(C)[C@@H](C(=O)N1C[C@H](O)C[C@H]1C(=O)NCc1nc(-c2ccc(F)cc2)cs1)n1cc(C2CC2)nn1. The number of aromatic nitrogens is 4. The van der Waals surface area contributed by atoms with Crippen LogP contribution in [-0.2, 0) is 16.1 Å². The number of thiazole rings is 1. The zero-order valence-electron chi connectivity index (χ0n) is 21.1. The average molecular weight is 527 g/mol. The molecule has 0 bridgehead atoms. The number of β-amino-alcohol motifs (C(OH)–C–C–N with tert-alkyl or cyclic N) is 1. The lowest BCUT2D eigenvalue weighted by atomic mass is 9.85. The maximum Gasteiger partial charge on any atom is 0.248 e. The summed E-state index contributed by atoms with van der Waals surface area (Å²) in [4.78, 5) is 33.0. The molecule has 3 aromatic rings. The van der Waals surface area contributed by atoms with Crippen LogP contribution in [0.1, 0.15) is 62.7 Å². The van der Waals surface area contributed by atoms with Gasteiger partial charge in [0.25, 0.3) is 0 Å². The quantitative estimate of drug-likeness (QED) is 0.489. The fourth-order valence-corrected chi connectivity index (χ4v) is 5.50. The number of hydrogen-bond acceptors (Lipinski definition) is 7. The summed E-state index contributed by atoms with van der Waals surface area (Å²) in [5, 5.41) is 24.3. The molecule has 196 valence electrons. The lowest BCUT2D eigenvalue weighted by Gasteiger charge is -2.34. The summed E-state index contributed by atoms with van der Waals surface area (Å²) in [5.74, 6) is -0.506. The Bertz CT molecular complexity index is 1280. The topological polar surface area (TPSA) is 113 Å². The summed E-state index contributed by atoms with van der Waals surface area (Å²) in [6, 6.07) is 4.61. The number of likely N-dealkylation sites (tertiary alicyclic amines) is 1. The van der Waals surface area contributed by atoms with E-state index in [1.54, 1.807) is 16.8 Å². The minimum absolute atomic E-state index is 0.0830. The Kier molecular flexibility index (Phi) is 6.84. The number of hydrogen-bond donors (Lipinski definition) is 2. The number of carbonyl (C=O) groups is 2. The second-order valence-electron chi connectivity index (χ2n) is 10.9. The van der Waals surface area contributed by atoms with Crippen LogP contribution < -0.4 is 5.32 Å². The molecular formula is C26H31FN6O3S. The first kappa shape index (κ1) is 25.5. The fraction of sp³-hybridized carbons (Fsp3) is 0.500. The van der Waals surface area contributed by atoms with Crippen LogP contribution in [0.4, 0.5) is 4.39 Å². The van der Waals surface area contributed by atoms with E-state index in [4.69, 9.17) is 0 Å². The molecule has 2 aromatic heterocycles. The van der Waals surface area contributed by atoms with Crippen LogP contribution in [0.3, 0.4) is 0 Å². The lowest BCUT2D eigenvalue weighted by molar-refractivity contribution is -0.144. The monoisotopic (exact) mass is 526 g/mol. The molecule has 2 aliphatic rings. The molecule has 3 heterocycles. The number of amides is 2. The number of rotatable bonds is 7. The van der Waals surface area contributed by atoms with Crippen molar-refractivity contribution in [3.05, 3.63) is 52.4 Å². The molecule has 11 heteroatoms. The van der Waals surface area contributed by atoms with Crippen molar-refractivity contribution in [3.63, 3.8) is 0 Å². The highest BCUT2D eigenvalue weighted by molar-refractivity contribution is 7.09. The average Bonchev–Trinajstić information content (AvgIpc) is 3.22. The van der Waals surface area contributed by atoms with Crippen LogP contribution in [0.15, 0.2) is 35.8 Å². The summed E-state index contributed by atoms with van der Waals surface area (Å²) in [7, 11) is 0. The molecule has 1 aliphatic heterocycles. The highest BCUT2D eigenvalue weighted by Gasteiger charge is 2.45. The molecule has 2 fully saturated rings. The van der Waals surface area contributed by atoms with Gasteiger partial charge in [-0.15, -0.1) is 16.4 Å². The van der Waals surface area contributed by atoms with Crippen molar-refractivity contribution in [2.24, 2.45) is 5.41 Å². The highest BCUT2D eigenvalue weighted by atomic mass is 32.1. The molecule has 0 spiro atoms. The number of aliphatic hydroxyl groups is 1. The summed E-state index contributed by atoms with van der Waals surface area (Å²) >= 11 is 1.39. The number of nitrogens with one attached hydrogen (secondary N) is 1. The standard InChI is InChI=1S/C26H31FN6O3S/c1-26(2,3)23(33-13-19(30-31-33)15-4-5-15)25(36)32-12-18(34)10-21(32)24(35)28-11-22-29-20(14-37-22)16-6-8-17(27)9-7-16/h6-9,13-15,18,21,23,34H,4-5,10-12H2,1-3H3,(H,28,35)/t18-,21+,23-/m1/s1. The third-order valence-electron chi connectivity index (χ3n) is 6.81. The van der Waals surface area contributed by atoms with Crippen molar-refractivity contribution < 1.29 is 19.1 Å². The van der Waals surface area contributed by atoms with Crippen molar-refractivity contribution in [2.45, 2.75) is 70.7 Å². The van der Waals surface area contributed by atoms with Gasteiger partial charge in [0.1, 0.15) is 22.9 Å². The lowest BCUT2D eigenvalue weighted by Crippen LogP contribution is -2.50. The van der Waals surface area contributed by atoms with E-state index in [0.717, 1.165) is 24.1 Å². The molecule has 2 N–H and O–H groups in total. The van der Waals surface area contributed by atoms with Gasteiger partial charge in [0.05, 0.1) is 24.0 Å². The minimum atomic E-state index is -0.796. The predicted molar refractivity (Wildman–Crippen MR) is 136 cm³/mol. The first-order valence-corrected chi connectivity index (χ1v) is 13.4. The Morgan fingerprint density at radius 1 is 1.24 bits per heavy atom. The Balaban J connectivity index is 1.28. The van der Waals surface area contributed by atoms with Crippen LogP contribution >= 0.6 is 11.3 Å². The molecule has 37 heavy (non-hydrogen) atoms. The van der Waals surface area contributed by atoms with Crippen LogP contribution in [-0.4, -0.2) is 60.5 Å². The molecule has 2 amide bonds. The minimum Gasteiger partial charge on any atom is -0.391 e. The second-order valence-corrected chi connectivity index (χ2v) is 11.9. The van der Waals surface area contributed by atoms with E-state index >= 15 is 0 Å². The van der Waals surface area contributed by atoms with Gasteiger partial charge in [0.2, 0.25) is 11.8 Å². The van der Waals surface area contributed by atoms with Gasteiger partial charge in [-0.2, -0.15) is 0 Å². The van der Waals surface area contributed by atoms with Gasteiger partial charge in [-0.3, -0.25) is 9.59 Å². The van der Waals surface area contributed by atoms with Crippen LogP contribution in [0.25, 0.3) is 11.3 Å². The van der Waals surface area contributed by atoms with Crippen LogP contribution in [0, 0.1) is 11.2 Å². The third-order valence-corrected chi connectivity index (χ3v) is 7.66. The van der Waals surface area contributed by atoms with Crippen molar-refractivity contribution in [1.82, 2.24) is 30.2 Å². The number of nitrogens with zero attached hydrogens (tertiary/aromatic N) is 5. The van der Waals surface area contributed by atoms with Crippen molar-refractivity contribution in [1.29, 1.82) is 0 Å². The van der Waals surface area contributed by atoms with Crippen LogP contribution in [0.2, 0.25) is 0 Å². The van der Waals surface area contributed by atoms with Crippen molar-refractivity contribution >= 4 is 23.2 Å². The number of aliphatic hydroxyl groups excluding tert-OH is 1. The molecule has 9 nitrogen and oxygen atoms in total. The van der Waals surface area contributed by atoms with Crippen LogP contribution in [0.5, 0.6) is 0 Å². The summed E-state index contributed by atoms with van der Waals surface area (Å²) in [6.07, 6.45) is 3.38. The molecule has 1 saturated carbocycles. The Labute approximate surface area is 218 Å². The molecule has 1 aromatic carbocycles. The molecular weight excluding hydrogens is 495 g/mol. The normalized spacial score (nSPS) is 20.7. The molecule has 5 rings (SSSR count). The van der Waals surface area contributed by atoms with Crippen molar-refractivity contribution in [2.75, 3.05) is 6.54 Å². The zero-order chi connectivity index (χ0) is 26.3. The van der Waals surface area contributed by atoms with E-state index in [9.17, 15) is 19.1 Å². The van der Waals surface area contributed by atoms with E-state index in [2.05, 4.69) is 20.6 Å². The third kappa shape index (κ3) is 5.57. The first-order chi connectivity index (χ1) is 17.6. The van der Waals surface area contributed by atoms with Gasteiger partial charge >= 0.3 is 0 Å². The maximum absolute atomic E-state index is 13.8. The predicted octanol–water partition coefficient (Wildman–Crippen LogP) is 3.28. The smallest absolute Gasteiger partial charge is 0.248 e. The second kappa shape index (κ2) is 9.94. The van der Waals surface area contributed by atoms with Gasteiger partial charge in [0.15, 0.2) is 0 Å². The van der Waals surface area contributed by atoms with Gasteiger partial charge in [0, 0.05) is 36.0 Å². The molecule has 0 radical (unpaired) electrons. The Morgan fingerprint density at radius 2 is 1.97 bits per heavy atom. The first-order valence-electron chi connectivity index (χ1n) is 12.5. The Morgan fingerprint density at radius 3 is 2.65 bits per heavy atom. The maximum atomic E-state index is 13.8. The van der Waals surface area contributed by atoms with E-state index < -0.39 is 23.6 Å². The van der Waals surface area contributed by atoms with Gasteiger partial charge in [-0.05, 0) is 42.5 Å². The van der Waals surface area contributed by atoms with E-state index in [0.29, 0.717) is 16.6 Å². The van der Waals surface area contributed by atoms with Gasteiger partial charge < -0.3 is 15.3 Å². The molecule has 3 atom stereocenters. The van der Waals surface area contributed by atoms with Crippen molar-refractivity contribution in [3.8, 4) is 11.3 Å². The van der Waals surface area contributed by atoms with Gasteiger partial charge in [-0.25, -0.2) is 14.1 Å². The zero-order valence-corrected chi connectivity index (χ0v) is 21.9. The number of halogens is 1. The number of benzene rings is 1. The summed E-state index contributed by atoms with van der Waals surface area (Å²) in [6.45, 7) is 6.14. The number of carbonyl (C=O) groups excluding carboxylic acids is 2. The fourth-order valence-electron chi connectivity index (χ4n) is 4.75. The van der Waals surface area contributed by atoms with E-state index in [1.807, 2.05) is 32.3 Å². The molecule has 1 aliphatic carbocycles. The molecule has 0 unspecified atom stereocenters.